The highest BCUT2D eigenvalue weighted by molar-refractivity contribution is 8.18. The van der Waals surface area contributed by atoms with Crippen LogP contribution in [0.5, 0.6) is 0 Å². The molecule has 2 aliphatic heterocycles. The molecule has 1 aromatic carbocycles. The van der Waals surface area contributed by atoms with Gasteiger partial charge in [-0.05, 0) is 81.1 Å². The average Bonchev–Trinajstić information content (AvgIpc) is 2.92. The number of anilines is 1. The van der Waals surface area contributed by atoms with Crippen molar-refractivity contribution in [2.45, 2.75) is 58.5 Å². The number of hydrogen-bond acceptors (Lipinski definition) is 6. The van der Waals surface area contributed by atoms with Gasteiger partial charge in [-0.2, -0.15) is 0 Å². The van der Waals surface area contributed by atoms with Gasteiger partial charge in [0.2, 0.25) is 0 Å². The molecule has 2 amide bonds. The highest BCUT2D eigenvalue weighted by atomic mass is 32.2. The van der Waals surface area contributed by atoms with Crippen LogP contribution in [0.15, 0.2) is 23.1 Å². The SMILES string of the molecule is CCOC(=O)[C@H](C)N1C(=O)S/C(=C/c2ccc3c(c2)[C@@H](C)CC(C)(C)N3C)C1=O. The zero-order chi connectivity index (χ0) is 21.5. The summed E-state index contributed by atoms with van der Waals surface area (Å²) in [5.74, 6) is -0.641. The fraction of sp³-hybridized carbons (Fsp3) is 0.500. The molecule has 0 bridgehead atoms. The smallest absolute Gasteiger partial charge is 0.329 e. The van der Waals surface area contributed by atoms with E-state index in [0.29, 0.717) is 10.8 Å². The van der Waals surface area contributed by atoms with Crippen LogP contribution < -0.4 is 4.90 Å². The number of fused-ring (bicyclic) bond motifs is 1. The third-order valence-corrected chi connectivity index (χ3v) is 6.68. The lowest BCUT2D eigenvalue weighted by atomic mass is 9.80. The molecular formula is C22H28N2O4S. The van der Waals surface area contributed by atoms with E-state index >= 15 is 0 Å². The van der Waals surface area contributed by atoms with Crippen LogP contribution in [0, 0.1) is 0 Å². The molecule has 7 heteroatoms. The quantitative estimate of drug-likeness (QED) is 0.535. The molecule has 2 aliphatic rings. The fourth-order valence-corrected chi connectivity index (χ4v) is 4.93. The topological polar surface area (TPSA) is 66.9 Å². The van der Waals surface area contributed by atoms with Crippen LogP contribution in [0.4, 0.5) is 10.5 Å². The monoisotopic (exact) mass is 416 g/mol. The van der Waals surface area contributed by atoms with Crippen LogP contribution in [0.25, 0.3) is 6.08 Å². The fourth-order valence-electron chi connectivity index (χ4n) is 4.02. The number of hydrogen-bond donors (Lipinski definition) is 0. The number of esters is 1. The van der Waals surface area contributed by atoms with Gasteiger partial charge in [0, 0.05) is 18.3 Å². The van der Waals surface area contributed by atoms with Gasteiger partial charge in [0.15, 0.2) is 0 Å². The first-order valence-electron chi connectivity index (χ1n) is 9.88. The summed E-state index contributed by atoms with van der Waals surface area (Å²) < 4.78 is 4.95. The third kappa shape index (κ3) is 3.92. The van der Waals surface area contributed by atoms with Gasteiger partial charge in [-0.3, -0.25) is 14.5 Å². The van der Waals surface area contributed by atoms with Crippen molar-refractivity contribution in [3.8, 4) is 0 Å². The number of carbonyl (C=O) groups excluding carboxylic acids is 3. The minimum Gasteiger partial charge on any atom is -0.464 e. The van der Waals surface area contributed by atoms with Gasteiger partial charge >= 0.3 is 5.97 Å². The summed E-state index contributed by atoms with van der Waals surface area (Å²) in [6.45, 7) is 10.1. The number of rotatable bonds is 4. The van der Waals surface area contributed by atoms with Crippen LogP contribution in [0.2, 0.25) is 0 Å². The molecule has 0 spiro atoms. The molecule has 6 nitrogen and oxygen atoms in total. The molecule has 0 saturated carbocycles. The molecular weight excluding hydrogens is 388 g/mol. The Morgan fingerprint density at radius 2 is 2.07 bits per heavy atom. The molecule has 1 saturated heterocycles. The van der Waals surface area contributed by atoms with E-state index in [1.807, 2.05) is 6.07 Å². The van der Waals surface area contributed by atoms with Gasteiger partial charge in [-0.1, -0.05) is 13.0 Å². The van der Waals surface area contributed by atoms with E-state index in [0.717, 1.165) is 28.6 Å². The molecule has 0 N–H and O–H groups in total. The molecule has 1 fully saturated rings. The van der Waals surface area contributed by atoms with Crippen molar-refractivity contribution >= 4 is 40.6 Å². The van der Waals surface area contributed by atoms with Crippen molar-refractivity contribution < 1.29 is 19.1 Å². The highest BCUT2D eigenvalue weighted by Crippen LogP contribution is 2.43. The molecule has 2 atom stereocenters. The minimum absolute atomic E-state index is 0.0832. The summed E-state index contributed by atoms with van der Waals surface area (Å²) in [6.07, 6.45) is 2.77. The van der Waals surface area contributed by atoms with Gasteiger partial charge in [-0.15, -0.1) is 0 Å². The first-order valence-corrected chi connectivity index (χ1v) is 10.7. The first-order chi connectivity index (χ1) is 13.6. The van der Waals surface area contributed by atoms with Crippen molar-refractivity contribution in [1.29, 1.82) is 0 Å². The second-order valence-corrected chi connectivity index (χ2v) is 9.27. The van der Waals surface area contributed by atoms with Gasteiger partial charge in [-0.25, -0.2) is 4.79 Å². The number of nitrogens with zero attached hydrogens (tertiary/aromatic N) is 2. The zero-order valence-electron chi connectivity index (χ0n) is 17.8. The summed E-state index contributed by atoms with van der Waals surface area (Å²) >= 11 is 0.859. The van der Waals surface area contributed by atoms with Gasteiger partial charge in [0.1, 0.15) is 6.04 Å². The van der Waals surface area contributed by atoms with E-state index in [9.17, 15) is 14.4 Å². The lowest BCUT2D eigenvalue weighted by Gasteiger charge is -2.45. The zero-order valence-corrected chi connectivity index (χ0v) is 18.6. The number of carbonyl (C=O) groups is 3. The van der Waals surface area contributed by atoms with Crippen molar-refractivity contribution in [2.75, 3.05) is 18.6 Å². The lowest BCUT2D eigenvalue weighted by Crippen LogP contribution is -2.45. The maximum absolute atomic E-state index is 12.8. The van der Waals surface area contributed by atoms with Crippen molar-refractivity contribution in [1.82, 2.24) is 4.90 Å². The lowest BCUT2D eigenvalue weighted by molar-refractivity contribution is -0.150. The third-order valence-electron chi connectivity index (χ3n) is 5.79. The van der Waals surface area contributed by atoms with Crippen LogP contribution in [-0.2, 0) is 14.3 Å². The summed E-state index contributed by atoms with van der Waals surface area (Å²) in [6, 6.07) is 5.19. The van der Waals surface area contributed by atoms with E-state index in [4.69, 9.17) is 4.74 Å². The predicted molar refractivity (Wildman–Crippen MR) is 116 cm³/mol. The second kappa shape index (κ2) is 7.86. The van der Waals surface area contributed by atoms with Crippen LogP contribution in [-0.4, -0.2) is 47.3 Å². The Kier molecular flexibility index (Phi) is 5.81. The maximum Gasteiger partial charge on any atom is 0.329 e. The number of thioether (sulfide) groups is 1. The molecule has 2 heterocycles. The molecule has 1 aromatic rings. The normalized spacial score (nSPS) is 23.4. The van der Waals surface area contributed by atoms with Gasteiger partial charge in [0.25, 0.3) is 11.1 Å². The first kappa shape index (κ1) is 21.4. The molecule has 29 heavy (non-hydrogen) atoms. The molecule has 0 unspecified atom stereocenters. The standard InChI is InChI=1S/C22H28N2O4S/c1-7-28-20(26)14(3)24-19(25)18(29-21(24)27)11-15-8-9-17-16(10-15)13(2)12-22(4,5)23(17)6/h8-11,13-14H,7,12H2,1-6H3/b18-11+/t13-,14-/m0/s1. The number of imide groups is 1. The Bertz CT molecular complexity index is 893. The van der Waals surface area contributed by atoms with E-state index in [1.54, 1.807) is 13.0 Å². The highest BCUT2D eigenvalue weighted by Gasteiger charge is 2.41. The molecule has 0 radical (unpaired) electrons. The Morgan fingerprint density at radius 3 is 2.72 bits per heavy atom. The van der Waals surface area contributed by atoms with Crippen LogP contribution >= 0.6 is 11.8 Å². The van der Waals surface area contributed by atoms with Gasteiger partial charge in [0.05, 0.1) is 11.5 Å². The molecule has 156 valence electrons. The largest absolute Gasteiger partial charge is 0.464 e. The minimum atomic E-state index is -0.937. The van der Waals surface area contributed by atoms with Crippen LogP contribution in [0.1, 0.15) is 58.1 Å². The average molecular weight is 417 g/mol. The molecule has 0 aromatic heterocycles. The Hall–Kier alpha value is -2.28. The summed E-state index contributed by atoms with van der Waals surface area (Å²) in [4.78, 5) is 40.7. The van der Waals surface area contributed by atoms with Crippen molar-refractivity contribution in [2.24, 2.45) is 0 Å². The summed E-state index contributed by atoms with van der Waals surface area (Å²) in [5, 5.41) is -0.449. The number of amides is 2. The number of ether oxygens (including phenoxy) is 1. The van der Waals surface area contributed by atoms with Crippen LogP contribution in [0.3, 0.4) is 0 Å². The van der Waals surface area contributed by atoms with Crippen molar-refractivity contribution in [3.63, 3.8) is 0 Å². The Balaban J connectivity index is 1.88. The Morgan fingerprint density at radius 1 is 1.38 bits per heavy atom. The molecule has 0 aliphatic carbocycles. The maximum atomic E-state index is 12.8. The predicted octanol–water partition coefficient (Wildman–Crippen LogP) is 4.40. The van der Waals surface area contributed by atoms with E-state index < -0.39 is 23.2 Å². The molecule has 3 rings (SSSR count). The van der Waals surface area contributed by atoms with E-state index in [1.165, 1.54) is 18.2 Å². The van der Waals surface area contributed by atoms with E-state index in [-0.39, 0.29) is 12.1 Å². The van der Waals surface area contributed by atoms with E-state index in [2.05, 4.69) is 44.9 Å². The second-order valence-electron chi connectivity index (χ2n) is 8.27. The van der Waals surface area contributed by atoms with Crippen molar-refractivity contribution in [3.05, 3.63) is 34.2 Å². The summed E-state index contributed by atoms with van der Waals surface area (Å²) in [7, 11) is 2.10. The number of benzene rings is 1. The van der Waals surface area contributed by atoms with Gasteiger partial charge < -0.3 is 9.64 Å². The Labute approximate surface area is 176 Å². The summed E-state index contributed by atoms with van der Waals surface area (Å²) in [5.41, 5.74) is 3.38.